The van der Waals surface area contributed by atoms with E-state index in [1.165, 1.54) is 11.1 Å². The van der Waals surface area contributed by atoms with E-state index in [1.807, 2.05) is 34.1 Å². The van der Waals surface area contributed by atoms with Gasteiger partial charge in [-0.1, -0.05) is 45.8 Å². The second-order valence-electron chi connectivity index (χ2n) is 6.67. The molecule has 26 heavy (non-hydrogen) atoms. The first-order chi connectivity index (χ1) is 12.5. The number of halogens is 1. The Hall–Kier alpha value is -2.14. The van der Waals surface area contributed by atoms with E-state index in [-0.39, 0.29) is 11.8 Å². The lowest BCUT2D eigenvalue weighted by Gasteiger charge is -2.35. The highest BCUT2D eigenvalue weighted by atomic mass is 79.9. The highest BCUT2D eigenvalue weighted by molar-refractivity contribution is 9.10. The fourth-order valence-electron chi connectivity index (χ4n) is 3.10. The molecule has 0 N–H and O–H groups in total. The van der Waals surface area contributed by atoms with Crippen molar-refractivity contribution in [1.82, 2.24) is 9.80 Å². The van der Waals surface area contributed by atoms with E-state index in [1.54, 1.807) is 0 Å². The molecule has 2 amide bonds. The monoisotopic (exact) mass is 414 g/mol. The maximum atomic E-state index is 12.5. The molecule has 2 aromatic rings. The lowest BCUT2D eigenvalue weighted by Crippen LogP contribution is -2.50. The lowest BCUT2D eigenvalue weighted by atomic mass is 10.1. The van der Waals surface area contributed by atoms with Crippen LogP contribution in [0.5, 0.6) is 0 Å². The van der Waals surface area contributed by atoms with Gasteiger partial charge in [0.1, 0.15) is 0 Å². The van der Waals surface area contributed by atoms with Crippen molar-refractivity contribution in [3.63, 3.8) is 0 Å². The second-order valence-corrected chi connectivity index (χ2v) is 7.58. The Morgan fingerprint density at radius 2 is 1.46 bits per heavy atom. The van der Waals surface area contributed by atoms with Crippen LogP contribution in [0, 0.1) is 6.92 Å². The second kappa shape index (κ2) is 8.49. The molecular weight excluding hydrogens is 392 g/mol. The van der Waals surface area contributed by atoms with Gasteiger partial charge in [-0.25, -0.2) is 0 Å². The average molecular weight is 415 g/mol. The number of rotatable bonds is 4. The number of carbonyl (C=O) groups excluding carboxylic acids is 2. The zero-order valence-corrected chi connectivity index (χ0v) is 16.5. The minimum Gasteiger partial charge on any atom is -0.339 e. The topological polar surface area (TPSA) is 40.6 Å². The SMILES string of the molecule is Cc1ccc(CCC(=O)N2CCN(C(=O)c3ccc(Br)cc3)CC2)cc1. The van der Waals surface area contributed by atoms with E-state index in [0.29, 0.717) is 38.2 Å². The Balaban J connectivity index is 1.48. The predicted molar refractivity (Wildman–Crippen MR) is 106 cm³/mol. The number of nitrogens with zero attached hydrogens (tertiary/aromatic N) is 2. The predicted octanol–water partition coefficient (Wildman–Crippen LogP) is 3.67. The number of amides is 2. The van der Waals surface area contributed by atoms with E-state index in [4.69, 9.17) is 0 Å². The van der Waals surface area contributed by atoms with Crippen molar-refractivity contribution in [1.29, 1.82) is 0 Å². The van der Waals surface area contributed by atoms with Crippen molar-refractivity contribution in [3.8, 4) is 0 Å². The summed E-state index contributed by atoms with van der Waals surface area (Å²) in [5.74, 6) is 0.200. The van der Waals surface area contributed by atoms with Crippen molar-refractivity contribution in [2.45, 2.75) is 19.8 Å². The molecule has 0 aliphatic carbocycles. The largest absolute Gasteiger partial charge is 0.339 e. The molecule has 0 aromatic heterocycles. The van der Waals surface area contributed by atoms with Crippen LogP contribution in [0.15, 0.2) is 53.0 Å². The van der Waals surface area contributed by atoms with Crippen molar-refractivity contribution < 1.29 is 9.59 Å². The zero-order chi connectivity index (χ0) is 18.5. The molecule has 0 bridgehead atoms. The molecule has 0 radical (unpaired) electrons. The highest BCUT2D eigenvalue weighted by Crippen LogP contribution is 2.14. The Morgan fingerprint density at radius 1 is 0.885 bits per heavy atom. The highest BCUT2D eigenvalue weighted by Gasteiger charge is 2.24. The first-order valence-corrected chi connectivity index (χ1v) is 9.70. The molecule has 1 fully saturated rings. The average Bonchev–Trinajstić information content (AvgIpc) is 2.67. The van der Waals surface area contributed by atoms with Gasteiger partial charge in [-0.3, -0.25) is 9.59 Å². The van der Waals surface area contributed by atoms with Gasteiger partial charge in [0.15, 0.2) is 0 Å². The van der Waals surface area contributed by atoms with E-state index < -0.39 is 0 Å². The summed E-state index contributed by atoms with van der Waals surface area (Å²) < 4.78 is 0.957. The summed E-state index contributed by atoms with van der Waals surface area (Å²) in [6.07, 6.45) is 1.28. The summed E-state index contributed by atoms with van der Waals surface area (Å²) >= 11 is 3.38. The fraction of sp³-hybridized carbons (Fsp3) is 0.333. The molecule has 1 saturated heterocycles. The van der Waals surface area contributed by atoms with Crippen LogP contribution in [0.3, 0.4) is 0 Å². The molecule has 136 valence electrons. The Bertz CT molecular complexity index is 764. The van der Waals surface area contributed by atoms with Gasteiger partial charge in [0, 0.05) is 42.6 Å². The summed E-state index contributed by atoms with van der Waals surface area (Å²) in [5, 5.41) is 0. The molecule has 5 heteroatoms. The van der Waals surface area contributed by atoms with Gasteiger partial charge in [-0.15, -0.1) is 0 Å². The molecule has 0 saturated carbocycles. The first-order valence-electron chi connectivity index (χ1n) is 8.91. The molecular formula is C21H23BrN2O2. The lowest BCUT2D eigenvalue weighted by molar-refractivity contribution is -0.132. The van der Waals surface area contributed by atoms with E-state index in [9.17, 15) is 9.59 Å². The third kappa shape index (κ3) is 4.73. The van der Waals surface area contributed by atoms with Crippen LogP contribution in [0.2, 0.25) is 0 Å². The number of hydrogen-bond acceptors (Lipinski definition) is 2. The molecule has 0 spiro atoms. The van der Waals surface area contributed by atoms with Crippen LogP contribution in [0.4, 0.5) is 0 Å². The summed E-state index contributed by atoms with van der Waals surface area (Å²) in [6.45, 7) is 4.45. The number of benzene rings is 2. The number of piperazine rings is 1. The zero-order valence-electron chi connectivity index (χ0n) is 15.0. The van der Waals surface area contributed by atoms with E-state index in [2.05, 4.69) is 47.1 Å². The van der Waals surface area contributed by atoms with Crippen LogP contribution in [0.1, 0.15) is 27.9 Å². The van der Waals surface area contributed by atoms with Crippen LogP contribution < -0.4 is 0 Å². The van der Waals surface area contributed by atoms with Crippen molar-refractivity contribution >= 4 is 27.7 Å². The van der Waals surface area contributed by atoms with Crippen molar-refractivity contribution in [3.05, 3.63) is 69.7 Å². The Labute approximate surface area is 162 Å². The smallest absolute Gasteiger partial charge is 0.253 e. The molecule has 0 unspecified atom stereocenters. The third-order valence-electron chi connectivity index (χ3n) is 4.76. The van der Waals surface area contributed by atoms with Gasteiger partial charge in [-0.05, 0) is 43.2 Å². The molecule has 0 atom stereocenters. The summed E-state index contributed by atoms with van der Waals surface area (Å²) in [5.41, 5.74) is 3.10. The van der Waals surface area contributed by atoms with Gasteiger partial charge in [-0.2, -0.15) is 0 Å². The molecule has 1 aliphatic rings. The number of aryl methyl sites for hydroxylation is 2. The third-order valence-corrected chi connectivity index (χ3v) is 5.29. The van der Waals surface area contributed by atoms with Gasteiger partial charge in [0.05, 0.1) is 0 Å². The minimum atomic E-state index is 0.0317. The molecule has 2 aromatic carbocycles. The molecule has 1 heterocycles. The normalized spacial score (nSPS) is 14.4. The summed E-state index contributed by atoms with van der Waals surface area (Å²) in [4.78, 5) is 28.7. The van der Waals surface area contributed by atoms with Gasteiger partial charge in [0.25, 0.3) is 5.91 Å². The fourth-order valence-corrected chi connectivity index (χ4v) is 3.36. The number of hydrogen-bond donors (Lipinski definition) is 0. The van der Waals surface area contributed by atoms with Crippen LogP contribution in [0.25, 0.3) is 0 Å². The van der Waals surface area contributed by atoms with Crippen LogP contribution in [-0.2, 0) is 11.2 Å². The summed E-state index contributed by atoms with van der Waals surface area (Å²) in [7, 11) is 0. The first kappa shape index (κ1) is 18.6. The Morgan fingerprint density at radius 3 is 2.08 bits per heavy atom. The molecule has 4 nitrogen and oxygen atoms in total. The van der Waals surface area contributed by atoms with Crippen LogP contribution in [-0.4, -0.2) is 47.8 Å². The van der Waals surface area contributed by atoms with Crippen molar-refractivity contribution in [2.75, 3.05) is 26.2 Å². The van der Waals surface area contributed by atoms with E-state index in [0.717, 1.165) is 10.9 Å². The van der Waals surface area contributed by atoms with Crippen LogP contribution >= 0.6 is 15.9 Å². The quantitative estimate of drug-likeness (QED) is 0.765. The number of carbonyl (C=O) groups is 2. The van der Waals surface area contributed by atoms with Gasteiger partial charge < -0.3 is 9.80 Å². The Kier molecular flexibility index (Phi) is 6.09. The minimum absolute atomic E-state index is 0.0317. The van der Waals surface area contributed by atoms with E-state index >= 15 is 0 Å². The maximum absolute atomic E-state index is 12.5. The van der Waals surface area contributed by atoms with Gasteiger partial charge >= 0.3 is 0 Å². The standard InChI is InChI=1S/C21H23BrN2O2/c1-16-2-4-17(5-3-16)6-11-20(25)23-12-14-24(15-13-23)21(26)18-7-9-19(22)10-8-18/h2-5,7-10H,6,11-15H2,1H3. The summed E-state index contributed by atoms with van der Waals surface area (Å²) in [6, 6.07) is 15.7. The molecule has 3 rings (SSSR count). The maximum Gasteiger partial charge on any atom is 0.253 e. The van der Waals surface area contributed by atoms with Gasteiger partial charge in [0.2, 0.25) is 5.91 Å². The molecule has 1 aliphatic heterocycles. The van der Waals surface area contributed by atoms with Crippen molar-refractivity contribution in [2.24, 2.45) is 0 Å².